The standard InChI is InChI=1S/C14H26N4O/c1-11-6-5-7-14(8-11,18(3)4)10-15-9-13-16-12(2)19-17-13/h11,15H,5-10H2,1-4H3. The molecule has 1 saturated carbocycles. The van der Waals surface area contributed by atoms with E-state index < -0.39 is 0 Å². The van der Waals surface area contributed by atoms with Gasteiger partial charge < -0.3 is 14.7 Å². The van der Waals surface area contributed by atoms with Crippen molar-refractivity contribution in [1.29, 1.82) is 0 Å². The molecule has 1 N–H and O–H groups in total. The fourth-order valence-electron chi connectivity index (χ4n) is 3.18. The summed E-state index contributed by atoms with van der Waals surface area (Å²) in [6.07, 6.45) is 5.21. The Morgan fingerprint density at radius 1 is 1.47 bits per heavy atom. The molecular formula is C14H26N4O. The van der Waals surface area contributed by atoms with Crippen molar-refractivity contribution in [1.82, 2.24) is 20.4 Å². The van der Waals surface area contributed by atoms with Crippen LogP contribution in [0.4, 0.5) is 0 Å². The van der Waals surface area contributed by atoms with Crippen LogP contribution in [0.15, 0.2) is 4.52 Å². The Morgan fingerprint density at radius 3 is 2.84 bits per heavy atom. The molecular weight excluding hydrogens is 240 g/mol. The van der Waals surface area contributed by atoms with Crippen molar-refractivity contribution < 1.29 is 4.52 Å². The number of likely N-dealkylation sites (N-methyl/N-ethyl adjacent to an activating group) is 1. The number of nitrogens with one attached hydrogen (secondary N) is 1. The van der Waals surface area contributed by atoms with E-state index >= 15 is 0 Å². The van der Waals surface area contributed by atoms with Gasteiger partial charge in [-0.3, -0.25) is 0 Å². The summed E-state index contributed by atoms with van der Waals surface area (Å²) in [5, 5.41) is 7.42. The lowest BCUT2D eigenvalue weighted by atomic mass is 9.75. The molecule has 1 aliphatic rings. The van der Waals surface area contributed by atoms with Crippen molar-refractivity contribution in [3.8, 4) is 0 Å². The number of nitrogens with zero attached hydrogens (tertiary/aromatic N) is 3. The van der Waals surface area contributed by atoms with Crippen LogP contribution < -0.4 is 5.32 Å². The maximum absolute atomic E-state index is 4.99. The summed E-state index contributed by atoms with van der Waals surface area (Å²) < 4.78 is 4.99. The molecule has 2 atom stereocenters. The lowest BCUT2D eigenvalue weighted by Gasteiger charge is -2.45. The number of hydrogen-bond acceptors (Lipinski definition) is 5. The van der Waals surface area contributed by atoms with Gasteiger partial charge in [0, 0.05) is 19.0 Å². The van der Waals surface area contributed by atoms with Gasteiger partial charge in [0.05, 0.1) is 6.54 Å². The van der Waals surface area contributed by atoms with Crippen LogP contribution in [0.2, 0.25) is 0 Å². The summed E-state index contributed by atoms with van der Waals surface area (Å²) in [4.78, 5) is 6.61. The van der Waals surface area contributed by atoms with Crippen LogP contribution in [0.25, 0.3) is 0 Å². The number of rotatable bonds is 5. The van der Waals surface area contributed by atoms with E-state index in [4.69, 9.17) is 4.52 Å². The van der Waals surface area contributed by atoms with Crippen LogP contribution in [-0.4, -0.2) is 41.2 Å². The van der Waals surface area contributed by atoms with Crippen LogP contribution in [0, 0.1) is 12.8 Å². The number of hydrogen-bond donors (Lipinski definition) is 1. The molecule has 19 heavy (non-hydrogen) atoms. The SMILES string of the molecule is Cc1nc(CNCC2(N(C)C)CCCC(C)C2)no1. The van der Waals surface area contributed by atoms with E-state index in [-0.39, 0.29) is 5.54 Å². The summed E-state index contributed by atoms with van der Waals surface area (Å²) in [5.74, 6) is 2.19. The van der Waals surface area contributed by atoms with E-state index in [0.29, 0.717) is 12.4 Å². The van der Waals surface area contributed by atoms with Gasteiger partial charge in [-0.1, -0.05) is 24.9 Å². The Hall–Kier alpha value is -0.940. The monoisotopic (exact) mass is 266 g/mol. The smallest absolute Gasteiger partial charge is 0.223 e. The largest absolute Gasteiger partial charge is 0.340 e. The van der Waals surface area contributed by atoms with Crippen LogP contribution >= 0.6 is 0 Å². The van der Waals surface area contributed by atoms with Crippen molar-refractivity contribution in [3.63, 3.8) is 0 Å². The van der Waals surface area contributed by atoms with Crippen molar-refractivity contribution in [2.75, 3.05) is 20.6 Å². The highest BCUT2D eigenvalue weighted by atomic mass is 16.5. The first-order chi connectivity index (χ1) is 9.02. The molecule has 0 amide bonds. The summed E-state index contributed by atoms with van der Waals surface area (Å²) in [5.41, 5.74) is 0.274. The molecule has 0 aromatic carbocycles. The van der Waals surface area contributed by atoms with Gasteiger partial charge in [0.25, 0.3) is 0 Å². The molecule has 2 unspecified atom stereocenters. The maximum Gasteiger partial charge on any atom is 0.223 e. The van der Waals surface area contributed by atoms with E-state index in [2.05, 4.69) is 41.4 Å². The minimum atomic E-state index is 0.274. The zero-order valence-corrected chi connectivity index (χ0v) is 12.6. The molecule has 0 spiro atoms. The van der Waals surface area contributed by atoms with Gasteiger partial charge in [-0.15, -0.1) is 0 Å². The first-order valence-corrected chi connectivity index (χ1v) is 7.19. The van der Waals surface area contributed by atoms with Crippen LogP contribution in [0.3, 0.4) is 0 Å². The molecule has 108 valence electrons. The van der Waals surface area contributed by atoms with Crippen LogP contribution in [-0.2, 0) is 6.54 Å². The third kappa shape index (κ3) is 3.54. The summed E-state index contributed by atoms with van der Waals surface area (Å²) >= 11 is 0. The third-order valence-electron chi connectivity index (χ3n) is 4.32. The molecule has 1 fully saturated rings. The summed E-state index contributed by atoms with van der Waals surface area (Å²) in [6, 6.07) is 0. The highest BCUT2D eigenvalue weighted by Gasteiger charge is 2.36. The first-order valence-electron chi connectivity index (χ1n) is 7.19. The zero-order chi connectivity index (χ0) is 13.9. The van der Waals surface area contributed by atoms with Gasteiger partial charge in [-0.2, -0.15) is 4.98 Å². The fraction of sp³-hybridized carbons (Fsp3) is 0.857. The molecule has 1 aromatic rings. The molecule has 0 saturated heterocycles. The lowest BCUT2D eigenvalue weighted by molar-refractivity contribution is 0.0747. The second-order valence-corrected chi connectivity index (χ2v) is 6.15. The Kier molecular flexibility index (Phi) is 4.58. The number of aromatic nitrogens is 2. The fourth-order valence-corrected chi connectivity index (χ4v) is 3.18. The Labute approximate surface area is 115 Å². The van der Waals surface area contributed by atoms with Gasteiger partial charge in [0.2, 0.25) is 5.89 Å². The van der Waals surface area contributed by atoms with Crippen molar-refractivity contribution in [3.05, 3.63) is 11.7 Å². The van der Waals surface area contributed by atoms with Gasteiger partial charge in [-0.25, -0.2) is 0 Å². The molecule has 1 aliphatic carbocycles. The zero-order valence-electron chi connectivity index (χ0n) is 12.6. The van der Waals surface area contributed by atoms with E-state index in [1.54, 1.807) is 0 Å². The molecule has 2 rings (SSSR count). The first kappa shape index (κ1) is 14.5. The van der Waals surface area contributed by atoms with Gasteiger partial charge in [-0.05, 0) is 32.9 Å². The van der Waals surface area contributed by atoms with Gasteiger partial charge in [0.1, 0.15) is 0 Å². The number of aryl methyl sites for hydroxylation is 1. The average Bonchev–Trinajstić information content (AvgIpc) is 2.75. The Morgan fingerprint density at radius 2 is 2.26 bits per heavy atom. The highest BCUT2D eigenvalue weighted by molar-refractivity contribution is 4.95. The molecule has 1 aromatic heterocycles. The average molecular weight is 266 g/mol. The predicted molar refractivity (Wildman–Crippen MR) is 74.8 cm³/mol. The van der Waals surface area contributed by atoms with E-state index in [1.165, 1.54) is 25.7 Å². The van der Waals surface area contributed by atoms with Crippen molar-refractivity contribution in [2.24, 2.45) is 5.92 Å². The Balaban J connectivity index is 1.90. The molecule has 0 radical (unpaired) electrons. The van der Waals surface area contributed by atoms with Crippen molar-refractivity contribution in [2.45, 2.75) is 51.6 Å². The molecule has 1 heterocycles. The van der Waals surface area contributed by atoms with Crippen molar-refractivity contribution >= 4 is 0 Å². The lowest BCUT2D eigenvalue weighted by Crippen LogP contribution is -2.54. The predicted octanol–water partition coefficient (Wildman–Crippen LogP) is 1.98. The van der Waals surface area contributed by atoms with E-state index in [1.807, 2.05) is 6.92 Å². The van der Waals surface area contributed by atoms with E-state index in [9.17, 15) is 0 Å². The van der Waals surface area contributed by atoms with Gasteiger partial charge in [0.15, 0.2) is 5.82 Å². The Bertz CT molecular complexity index is 404. The minimum absolute atomic E-state index is 0.274. The maximum atomic E-state index is 4.99. The quantitative estimate of drug-likeness (QED) is 0.883. The van der Waals surface area contributed by atoms with Crippen LogP contribution in [0.1, 0.15) is 44.3 Å². The second kappa shape index (κ2) is 6.01. The topological polar surface area (TPSA) is 54.2 Å². The molecule has 0 bridgehead atoms. The third-order valence-corrected chi connectivity index (χ3v) is 4.32. The van der Waals surface area contributed by atoms with E-state index in [0.717, 1.165) is 18.3 Å². The molecule has 5 heteroatoms. The van der Waals surface area contributed by atoms with Crippen LogP contribution in [0.5, 0.6) is 0 Å². The van der Waals surface area contributed by atoms with Gasteiger partial charge >= 0.3 is 0 Å². The highest BCUT2D eigenvalue weighted by Crippen LogP contribution is 2.35. The summed E-state index contributed by atoms with van der Waals surface area (Å²) in [7, 11) is 4.39. The second-order valence-electron chi connectivity index (χ2n) is 6.15. The minimum Gasteiger partial charge on any atom is -0.340 e. The summed E-state index contributed by atoms with van der Waals surface area (Å²) in [6.45, 7) is 5.85. The molecule has 0 aliphatic heterocycles. The normalized spacial score (nSPS) is 27.9. The molecule has 5 nitrogen and oxygen atoms in total.